The van der Waals surface area contributed by atoms with E-state index in [-0.39, 0.29) is 0 Å². The van der Waals surface area contributed by atoms with E-state index in [1.807, 2.05) is 66.7 Å². The van der Waals surface area contributed by atoms with E-state index in [1.165, 1.54) is 0 Å². The predicted octanol–water partition coefficient (Wildman–Crippen LogP) is 6.11. The molecule has 0 amide bonds. The minimum Gasteiger partial charge on any atom is -0.497 e. The summed E-state index contributed by atoms with van der Waals surface area (Å²) in [5, 5.41) is 0.808. The van der Waals surface area contributed by atoms with Gasteiger partial charge in [0.1, 0.15) is 16.5 Å². The van der Waals surface area contributed by atoms with Gasteiger partial charge in [-0.15, -0.1) is 11.3 Å². The van der Waals surface area contributed by atoms with Crippen LogP contribution in [0.15, 0.2) is 78.9 Å². The Morgan fingerprint density at radius 3 is 2.00 bits per heavy atom. The zero-order valence-corrected chi connectivity index (χ0v) is 19.6. The first-order valence-electron chi connectivity index (χ1n) is 10.2. The second-order valence-electron chi connectivity index (χ2n) is 7.29. The molecule has 6 heteroatoms. The molecule has 162 valence electrons. The largest absolute Gasteiger partial charge is 0.497 e. The van der Waals surface area contributed by atoms with Crippen LogP contribution in [0, 0.1) is 0 Å². The highest BCUT2D eigenvalue weighted by Crippen LogP contribution is 2.39. The molecule has 1 heterocycles. The molecule has 0 spiro atoms. The van der Waals surface area contributed by atoms with Crippen molar-refractivity contribution in [2.24, 2.45) is 5.73 Å². The van der Waals surface area contributed by atoms with E-state index in [0.717, 1.165) is 48.6 Å². The maximum absolute atomic E-state index is 6.58. The molecule has 0 saturated carbocycles. The summed E-state index contributed by atoms with van der Waals surface area (Å²) in [6.45, 7) is 0. The molecular formula is C26H24N2O2S2. The van der Waals surface area contributed by atoms with E-state index in [0.29, 0.717) is 6.42 Å². The molecule has 0 saturated heterocycles. The first-order chi connectivity index (χ1) is 15.6. The average Bonchev–Trinajstić information content (AvgIpc) is 3.29. The highest BCUT2D eigenvalue weighted by molar-refractivity contribution is 7.80. The second kappa shape index (κ2) is 10.0. The van der Waals surface area contributed by atoms with Gasteiger partial charge in [0.05, 0.1) is 30.8 Å². The van der Waals surface area contributed by atoms with Gasteiger partial charge in [0, 0.05) is 16.8 Å². The van der Waals surface area contributed by atoms with Crippen molar-refractivity contribution in [2.75, 3.05) is 14.2 Å². The van der Waals surface area contributed by atoms with Crippen LogP contribution in [0.1, 0.15) is 16.6 Å². The molecule has 3 aromatic carbocycles. The minimum absolute atomic E-state index is 0.417. The normalized spacial score (nSPS) is 11.7. The number of hydrogen-bond acceptors (Lipinski definition) is 6. The molecular weight excluding hydrogens is 436 g/mol. The summed E-state index contributed by atoms with van der Waals surface area (Å²) in [6, 6.07) is 25.6. The molecule has 4 rings (SSSR count). The van der Waals surface area contributed by atoms with Crippen LogP contribution in [0.5, 0.6) is 11.5 Å². The van der Waals surface area contributed by atoms with Gasteiger partial charge in [-0.2, -0.15) is 0 Å². The second-order valence-corrected chi connectivity index (χ2v) is 8.85. The van der Waals surface area contributed by atoms with Gasteiger partial charge >= 0.3 is 0 Å². The molecule has 2 N–H and O–H groups in total. The predicted molar refractivity (Wildman–Crippen MR) is 136 cm³/mol. The molecule has 0 aliphatic rings. The van der Waals surface area contributed by atoms with Gasteiger partial charge in [-0.3, -0.25) is 0 Å². The van der Waals surface area contributed by atoms with E-state index in [2.05, 4.69) is 12.1 Å². The summed E-state index contributed by atoms with van der Waals surface area (Å²) < 4.78 is 10.6. The molecule has 4 aromatic rings. The van der Waals surface area contributed by atoms with Gasteiger partial charge in [0.25, 0.3) is 0 Å². The van der Waals surface area contributed by atoms with Crippen molar-refractivity contribution in [1.82, 2.24) is 4.98 Å². The number of thiazole rings is 1. The molecule has 0 aliphatic carbocycles. The number of benzene rings is 3. The number of ether oxygens (including phenoxy) is 2. The van der Waals surface area contributed by atoms with Crippen LogP contribution in [0.3, 0.4) is 0 Å². The van der Waals surface area contributed by atoms with Crippen LogP contribution in [-0.4, -0.2) is 24.1 Å². The highest BCUT2D eigenvalue weighted by Gasteiger charge is 2.21. The quantitative estimate of drug-likeness (QED) is 0.322. The zero-order chi connectivity index (χ0) is 22.5. The van der Waals surface area contributed by atoms with E-state index in [4.69, 9.17) is 32.4 Å². The Labute approximate surface area is 197 Å². The van der Waals surface area contributed by atoms with Gasteiger partial charge in [-0.1, -0.05) is 42.5 Å². The number of rotatable bonds is 8. The van der Waals surface area contributed by atoms with Crippen molar-refractivity contribution in [2.45, 2.75) is 12.5 Å². The summed E-state index contributed by atoms with van der Waals surface area (Å²) >= 11 is 7.28. The Hall–Kier alpha value is -3.06. The van der Waals surface area contributed by atoms with Crippen molar-refractivity contribution >= 4 is 28.4 Å². The van der Waals surface area contributed by atoms with Crippen LogP contribution in [0.4, 0.5) is 0 Å². The first kappa shape index (κ1) is 22.1. The van der Waals surface area contributed by atoms with E-state index in [9.17, 15) is 0 Å². The first-order valence-corrected chi connectivity index (χ1v) is 11.4. The Morgan fingerprint density at radius 1 is 0.875 bits per heavy atom. The molecule has 1 unspecified atom stereocenters. The summed E-state index contributed by atoms with van der Waals surface area (Å²) in [5.41, 5.74) is 10.7. The monoisotopic (exact) mass is 460 g/mol. The van der Waals surface area contributed by atoms with Gasteiger partial charge < -0.3 is 15.2 Å². The van der Waals surface area contributed by atoms with Crippen molar-refractivity contribution in [1.29, 1.82) is 0 Å². The minimum atomic E-state index is -0.417. The molecule has 0 bridgehead atoms. The average molecular weight is 461 g/mol. The molecule has 1 aromatic heterocycles. The molecule has 32 heavy (non-hydrogen) atoms. The Kier molecular flexibility index (Phi) is 6.95. The summed E-state index contributed by atoms with van der Waals surface area (Å²) in [5.74, 6) is 1.61. The van der Waals surface area contributed by atoms with Gasteiger partial charge in [0.15, 0.2) is 0 Å². The highest BCUT2D eigenvalue weighted by atomic mass is 32.1. The lowest BCUT2D eigenvalue weighted by molar-refractivity contribution is 0.414. The Balaban J connectivity index is 1.71. The summed E-state index contributed by atoms with van der Waals surface area (Å²) in [4.78, 5) is 6.77. The Bertz CT molecular complexity index is 1120. The van der Waals surface area contributed by atoms with Gasteiger partial charge in [-0.25, -0.2) is 4.98 Å². The van der Waals surface area contributed by atoms with Crippen LogP contribution < -0.4 is 15.2 Å². The van der Waals surface area contributed by atoms with Crippen molar-refractivity contribution in [3.8, 4) is 33.2 Å². The summed E-state index contributed by atoms with van der Waals surface area (Å²) in [6.07, 6.45) is 0.645. The maximum atomic E-state index is 6.58. The molecule has 0 aliphatic heterocycles. The molecule has 0 radical (unpaired) electrons. The van der Waals surface area contributed by atoms with Crippen molar-refractivity contribution in [3.63, 3.8) is 0 Å². The van der Waals surface area contributed by atoms with Crippen LogP contribution >= 0.6 is 23.6 Å². The zero-order valence-electron chi connectivity index (χ0n) is 17.9. The van der Waals surface area contributed by atoms with E-state index in [1.54, 1.807) is 25.6 Å². The molecule has 1 atom stereocenters. The van der Waals surface area contributed by atoms with Crippen LogP contribution in [0.25, 0.3) is 21.7 Å². The standard InChI is InChI=1S/C26H24N2O2S2/c1-29-20-12-8-18(9-13-20)24-25(19-10-14-21(30-2)15-11-19)32-26(28-24)23(27)22(31)16-17-6-4-3-5-7-17/h3-15,23H,16,27H2,1-2H3. The Morgan fingerprint density at radius 2 is 1.44 bits per heavy atom. The number of methoxy groups -OCH3 is 2. The fourth-order valence-corrected chi connectivity index (χ4v) is 4.88. The van der Waals surface area contributed by atoms with Gasteiger partial charge in [0.2, 0.25) is 0 Å². The summed E-state index contributed by atoms with van der Waals surface area (Å²) in [7, 11) is 3.32. The smallest absolute Gasteiger partial charge is 0.118 e. The van der Waals surface area contributed by atoms with Crippen molar-refractivity contribution < 1.29 is 9.47 Å². The fraction of sp³-hybridized carbons (Fsp3) is 0.154. The lowest BCUT2D eigenvalue weighted by atomic mass is 10.1. The van der Waals surface area contributed by atoms with Crippen LogP contribution in [-0.2, 0) is 6.42 Å². The third-order valence-corrected chi connectivity index (χ3v) is 6.78. The number of aromatic nitrogens is 1. The third kappa shape index (κ3) is 4.88. The SMILES string of the molecule is COc1ccc(-c2nc(C(N)C(=S)Cc3ccccc3)sc2-c2ccc(OC)cc2)cc1. The fourth-order valence-electron chi connectivity index (χ4n) is 3.40. The number of nitrogens with zero attached hydrogens (tertiary/aromatic N) is 1. The molecule has 4 nitrogen and oxygen atoms in total. The molecule has 0 fully saturated rings. The third-order valence-electron chi connectivity index (χ3n) is 5.19. The number of nitrogens with two attached hydrogens (primary N) is 1. The lowest BCUT2D eigenvalue weighted by Gasteiger charge is -2.10. The lowest BCUT2D eigenvalue weighted by Crippen LogP contribution is -2.21. The maximum Gasteiger partial charge on any atom is 0.118 e. The van der Waals surface area contributed by atoms with Gasteiger partial charge in [-0.05, 0) is 59.7 Å². The topological polar surface area (TPSA) is 57.4 Å². The van der Waals surface area contributed by atoms with Crippen molar-refractivity contribution in [3.05, 3.63) is 89.4 Å². The van der Waals surface area contributed by atoms with Crippen LogP contribution in [0.2, 0.25) is 0 Å². The number of hydrogen-bond donors (Lipinski definition) is 1. The number of thiocarbonyl (C=S) groups is 1. The van der Waals surface area contributed by atoms with E-state index < -0.39 is 6.04 Å². The van der Waals surface area contributed by atoms with E-state index >= 15 is 0 Å².